The molecule has 26 heavy (non-hydrogen) atoms. The zero-order valence-corrected chi connectivity index (χ0v) is 16.8. The maximum absolute atomic E-state index is 13.4. The van der Waals surface area contributed by atoms with Crippen LogP contribution in [-0.4, -0.2) is 34.6 Å². The van der Waals surface area contributed by atoms with Crippen LogP contribution in [0.15, 0.2) is 53.4 Å². The van der Waals surface area contributed by atoms with Gasteiger partial charge in [0.1, 0.15) is 0 Å². The van der Waals surface area contributed by atoms with Gasteiger partial charge in [-0.2, -0.15) is 0 Å². The van der Waals surface area contributed by atoms with E-state index < -0.39 is 14.0 Å². The fourth-order valence-corrected chi connectivity index (χ4v) is 5.71. The molecule has 140 valence electrons. The van der Waals surface area contributed by atoms with Crippen LogP contribution in [0.1, 0.15) is 24.5 Å². The highest BCUT2D eigenvalue weighted by molar-refractivity contribution is 7.93. The quantitative estimate of drug-likeness (QED) is 0.788. The van der Waals surface area contributed by atoms with Crippen LogP contribution in [-0.2, 0) is 14.0 Å². The molecule has 1 atom stereocenters. The van der Waals surface area contributed by atoms with Gasteiger partial charge in [-0.25, -0.2) is 8.42 Å². The zero-order chi connectivity index (χ0) is 18.8. The third-order valence-electron chi connectivity index (χ3n) is 5.06. The van der Waals surface area contributed by atoms with Crippen LogP contribution in [0.3, 0.4) is 0 Å². The van der Waals surface area contributed by atoms with Gasteiger partial charge in [0.2, 0.25) is 9.84 Å². The Bertz CT molecular complexity index is 862. The maximum Gasteiger partial charge on any atom is 0.202 e. The van der Waals surface area contributed by atoms with Gasteiger partial charge in [-0.15, -0.1) is 0 Å². The van der Waals surface area contributed by atoms with Crippen LogP contribution >= 0.6 is 11.6 Å². The number of hydrogen-bond acceptors (Lipinski definition) is 4. The van der Waals surface area contributed by atoms with Crippen molar-refractivity contribution in [3.05, 3.63) is 59.7 Å². The summed E-state index contributed by atoms with van der Waals surface area (Å²) < 4.78 is 25.3. The van der Waals surface area contributed by atoms with Crippen molar-refractivity contribution >= 4 is 27.1 Å². The Kier molecular flexibility index (Phi) is 5.61. The molecule has 0 amide bonds. The molecule has 3 rings (SSSR count). The molecule has 0 radical (unpaired) electrons. The van der Waals surface area contributed by atoms with Crippen LogP contribution in [0.2, 0.25) is 0 Å². The van der Waals surface area contributed by atoms with Gasteiger partial charge < -0.3 is 10.2 Å². The molecule has 0 saturated carbocycles. The fourth-order valence-electron chi connectivity index (χ4n) is 3.46. The van der Waals surface area contributed by atoms with E-state index in [4.69, 9.17) is 11.6 Å². The number of halogens is 1. The first-order chi connectivity index (χ1) is 12.4. The van der Waals surface area contributed by atoms with E-state index >= 15 is 0 Å². The van der Waals surface area contributed by atoms with Crippen molar-refractivity contribution < 1.29 is 8.42 Å². The van der Waals surface area contributed by atoms with Crippen LogP contribution in [0.5, 0.6) is 0 Å². The third kappa shape index (κ3) is 3.36. The van der Waals surface area contributed by atoms with Gasteiger partial charge in [0, 0.05) is 31.9 Å². The monoisotopic (exact) mass is 392 g/mol. The Labute approximate surface area is 161 Å². The molecule has 1 saturated heterocycles. The first-order valence-electron chi connectivity index (χ1n) is 8.95. The lowest BCUT2D eigenvalue weighted by Crippen LogP contribution is -2.43. The lowest BCUT2D eigenvalue weighted by molar-refractivity contribution is 0.567. The fraction of sp³-hybridized carbons (Fsp3) is 0.400. The van der Waals surface area contributed by atoms with Gasteiger partial charge >= 0.3 is 0 Å². The Morgan fingerprint density at radius 2 is 1.69 bits per heavy atom. The van der Waals surface area contributed by atoms with Crippen LogP contribution in [0, 0.1) is 6.92 Å². The van der Waals surface area contributed by atoms with Gasteiger partial charge in [0.25, 0.3) is 0 Å². The second-order valence-corrected chi connectivity index (χ2v) is 9.68. The van der Waals surface area contributed by atoms with E-state index in [-0.39, 0.29) is 4.90 Å². The molecule has 1 heterocycles. The number of rotatable bonds is 5. The molecule has 1 fully saturated rings. The van der Waals surface area contributed by atoms with Crippen molar-refractivity contribution in [1.29, 1.82) is 0 Å². The highest BCUT2D eigenvalue weighted by Crippen LogP contribution is 2.43. The normalized spacial score (nSPS) is 17.7. The van der Waals surface area contributed by atoms with Crippen LogP contribution in [0.4, 0.5) is 5.69 Å². The van der Waals surface area contributed by atoms with E-state index in [1.54, 1.807) is 18.2 Å². The summed E-state index contributed by atoms with van der Waals surface area (Å²) in [6.45, 7) is 7.42. The van der Waals surface area contributed by atoms with Crippen molar-refractivity contribution in [1.82, 2.24) is 5.32 Å². The molecule has 1 aliphatic heterocycles. The molecular weight excluding hydrogens is 368 g/mol. The Balaban J connectivity index is 1.97. The molecule has 2 aromatic rings. The molecule has 1 N–H and O–H groups in total. The topological polar surface area (TPSA) is 49.4 Å². The van der Waals surface area contributed by atoms with E-state index in [1.807, 2.05) is 44.2 Å². The lowest BCUT2D eigenvalue weighted by atomic mass is 10.0. The van der Waals surface area contributed by atoms with Gasteiger partial charge in [-0.3, -0.25) is 0 Å². The second-order valence-electron chi connectivity index (χ2n) is 6.63. The van der Waals surface area contributed by atoms with Gasteiger partial charge in [0.05, 0.1) is 4.90 Å². The van der Waals surface area contributed by atoms with Crippen molar-refractivity contribution in [3.63, 3.8) is 0 Å². The molecule has 0 aromatic heterocycles. The summed E-state index contributed by atoms with van der Waals surface area (Å²) in [4.78, 5) is 2.51. The minimum absolute atomic E-state index is 0.261. The smallest absolute Gasteiger partial charge is 0.202 e. The predicted molar refractivity (Wildman–Crippen MR) is 108 cm³/mol. The van der Waals surface area contributed by atoms with Crippen molar-refractivity contribution in [2.24, 2.45) is 0 Å². The summed E-state index contributed by atoms with van der Waals surface area (Å²) in [7, 11) is -3.74. The van der Waals surface area contributed by atoms with Crippen molar-refractivity contribution in [3.8, 4) is 0 Å². The summed E-state index contributed by atoms with van der Waals surface area (Å²) >= 11 is 6.76. The number of benzene rings is 2. The van der Waals surface area contributed by atoms with E-state index in [1.165, 1.54) is 0 Å². The maximum atomic E-state index is 13.4. The number of nitrogens with one attached hydrogen (secondary N) is 1. The SMILES string of the molecule is CCC(Cl)(c1ccccc1C)S(=O)(=O)c1ccc(N2CCNCC2)cc1. The molecule has 0 bridgehead atoms. The van der Waals surface area contributed by atoms with Gasteiger partial charge in [-0.1, -0.05) is 42.8 Å². The minimum Gasteiger partial charge on any atom is -0.369 e. The van der Waals surface area contributed by atoms with E-state index in [0.717, 1.165) is 37.4 Å². The van der Waals surface area contributed by atoms with E-state index in [2.05, 4.69) is 10.2 Å². The standard InChI is InChI=1S/C20H25ClN2O2S/c1-3-20(21,19-7-5-4-6-16(19)2)26(24,25)18-10-8-17(9-11-18)23-14-12-22-13-15-23/h4-11,22H,3,12-15H2,1-2H3. The average molecular weight is 393 g/mol. The van der Waals surface area contributed by atoms with Gasteiger partial charge in [-0.05, 0) is 48.7 Å². The molecular formula is C20H25ClN2O2S. The molecule has 0 aliphatic carbocycles. The van der Waals surface area contributed by atoms with Gasteiger partial charge in [0.15, 0.2) is 4.21 Å². The highest BCUT2D eigenvalue weighted by Gasteiger charge is 2.44. The summed E-state index contributed by atoms with van der Waals surface area (Å²) in [6.07, 6.45) is 0.293. The number of aryl methyl sites for hydroxylation is 1. The van der Waals surface area contributed by atoms with Crippen LogP contribution < -0.4 is 10.2 Å². The zero-order valence-electron chi connectivity index (χ0n) is 15.2. The number of sulfone groups is 1. The largest absolute Gasteiger partial charge is 0.369 e. The predicted octanol–water partition coefficient (Wildman–Crippen LogP) is 3.68. The molecule has 2 aromatic carbocycles. The van der Waals surface area contributed by atoms with Crippen molar-refractivity contribution in [2.75, 3.05) is 31.1 Å². The third-order valence-corrected chi connectivity index (χ3v) is 8.39. The Hall–Kier alpha value is -1.56. The number of hydrogen-bond donors (Lipinski definition) is 1. The molecule has 1 unspecified atom stereocenters. The summed E-state index contributed by atoms with van der Waals surface area (Å²) in [5.74, 6) is 0. The summed E-state index contributed by atoms with van der Waals surface area (Å²) in [6, 6.07) is 14.5. The van der Waals surface area contributed by atoms with Crippen molar-refractivity contribution in [2.45, 2.75) is 29.4 Å². The lowest BCUT2D eigenvalue weighted by Gasteiger charge is -2.30. The Morgan fingerprint density at radius 3 is 2.27 bits per heavy atom. The number of alkyl halides is 1. The number of nitrogens with zero attached hydrogens (tertiary/aromatic N) is 1. The second kappa shape index (κ2) is 7.59. The Morgan fingerprint density at radius 1 is 1.08 bits per heavy atom. The molecule has 4 nitrogen and oxygen atoms in total. The molecule has 1 aliphatic rings. The van der Waals surface area contributed by atoms with E-state index in [9.17, 15) is 8.42 Å². The minimum atomic E-state index is -3.74. The van der Waals surface area contributed by atoms with E-state index in [0.29, 0.717) is 12.0 Å². The van der Waals surface area contributed by atoms with Crippen LogP contribution in [0.25, 0.3) is 0 Å². The molecule has 0 spiro atoms. The molecule has 6 heteroatoms. The summed E-state index contributed by atoms with van der Waals surface area (Å²) in [5.41, 5.74) is 2.57. The summed E-state index contributed by atoms with van der Waals surface area (Å²) in [5, 5.41) is 3.32. The number of anilines is 1. The highest BCUT2D eigenvalue weighted by atomic mass is 35.5. The first-order valence-corrected chi connectivity index (χ1v) is 10.8. The number of piperazine rings is 1. The first kappa shape index (κ1) is 19.2. The average Bonchev–Trinajstić information content (AvgIpc) is 2.68.